The minimum atomic E-state index is -0.851. The summed E-state index contributed by atoms with van der Waals surface area (Å²) in [5.41, 5.74) is 0. The van der Waals surface area contributed by atoms with E-state index in [0.717, 1.165) is 89.9 Å². The van der Waals surface area contributed by atoms with E-state index in [1.54, 1.807) is 6.08 Å². The average molecular weight is 1110 g/mol. The molecular formula is C76H131NO3. The van der Waals surface area contributed by atoms with Gasteiger partial charge >= 0.3 is 0 Å². The molecule has 0 spiro atoms. The number of hydrogen-bond acceptors (Lipinski definition) is 3. The molecule has 0 aromatic rings. The van der Waals surface area contributed by atoms with Gasteiger partial charge in [-0.15, -0.1) is 0 Å². The molecule has 458 valence electrons. The van der Waals surface area contributed by atoms with Crippen LogP contribution in [0.1, 0.15) is 322 Å². The molecule has 2 atom stereocenters. The molecule has 2 unspecified atom stereocenters. The maximum atomic E-state index is 12.5. The minimum absolute atomic E-state index is 0.0701. The standard InChI is InChI=1S/C76H131NO3/c1-3-5-7-9-11-13-15-17-19-21-23-25-27-29-31-32-33-34-35-36-37-38-39-40-41-42-43-44-46-48-50-52-54-56-58-60-62-64-66-68-70-72-76(80)77-74(73-78)75(79)71-69-67-65-63-61-59-57-55-53-51-49-47-45-30-28-26-24-22-20-18-16-14-12-10-8-6-4-2/h5,7,11,13,17,19,23,25,29,31,33-34,36-37,39-40,42-43,46,48,69,71,74-75,78-79H,3-4,6,8-10,12,14-16,18,20-22,24,26-28,30,32,35,38,41,44-45,47,49-68,70,72-73H2,1-2H3,(H,77,80)/b7-5-,13-11-,19-17-,25-23-,31-29-,34-33-,37-36-,40-39-,43-42-,48-46-,71-69+. The van der Waals surface area contributed by atoms with Crippen molar-refractivity contribution in [2.75, 3.05) is 6.61 Å². The summed E-state index contributed by atoms with van der Waals surface area (Å²) >= 11 is 0. The molecule has 0 aliphatic rings. The molecule has 0 saturated heterocycles. The number of unbranched alkanes of at least 4 members (excludes halogenated alkanes) is 35. The lowest BCUT2D eigenvalue weighted by Gasteiger charge is -2.20. The largest absolute Gasteiger partial charge is 0.394 e. The van der Waals surface area contributed by atoms with E-state index in [9.17, 15) is 15.0 Å². The number of carbonyl (C=O) groups is 1. The van der Waals surface area contributed by atoms with E-state index in [-0.39, 0.29) is 12.5 Å². The number of carbonyl (C=O) groups excluding carboxylic acids is 1. The van der Waals surface area contributed by atoms with Crippen molar-refractivity contribution in [2.24, 2.45) is 0 Å². The molecular weight excluding hydrogens is 975 g/mol. The van der Waals surface area contributed by atoms with Crippen LogP contribution in [0.4, 0.5) is 0 Å². The predicted molar refractivity (Wildman–Crippen MR) is 359 cm³/mol. The number of aliphatic hydroxyl groups is 2. The molecule has 0 fully saturated rings. The third kappa shape index (κ3) is 65.3. The smallest absolute Gasteiger partial charge is 0.220 e. The van der Waals surface area contributed by atoms with Crippen LogP contribution in [0.2, 0.25) is 0 Å². The van der Waals surface area contributed by atoms with Crippen LogP contribution in [0.5, 0.6) is 0 Å². The summed E-state index contributed by atoms with van der Waals surface area (Å²) in [6.07, 6.45) is 108. The quantitative estimate of drug-likeness (QED) is 0.0420. The highest BCUT2D eigenvalue weighted by molar-refractivity contribution is 5.76. The number of aliphatic hydroxyl groups excluding tert-OH is 2. The normalized spacial score (nSPS) is 13.6. The maximum absolute atomic E-state index is 12.5. The second-order valence-electron chi connectivity index (χ2n) is 22.9. The molecule has 0 bridgehead atoms. The number of nitrogens with one attached hydrogen (secondary N) is 1. The molecule has 3 N–H and O–H groups in total. The summed E-state index contributed by atoms with van der Waals surface area (Å²) in [5, 5.41) is 23.3. The van der Waals surface area contributed by atoms with Crippen molar-refractivity contribution in [1.29, 1.82) is 0 Å². The van der Waals surface area contributed by atoms with Gasteiger partial charge in [0.1, 0.15) is 0 Å². The van der Waals surface area contributed by atoms with E-state index in [2.05, 4.69) is 141 Å². The molecule has 4 nitrogen and oxygen atoms in total. The summed E-state index contributed by atoms with van der Waals surface area (Å²) in [7, 11) is 0. The van der Waals surface area contributed by atoms with Crippen LogP contribution in [0.25, 0.3) is 0 Å². The first-order chi connectivity index (χ1) is 39.7. The van der Waals surface area contributed by atoms with Gasteiger partial charge in [-0.1, -0.05) is 353 Å². The van der Waals surface area contributed by atoms with E-state index < -0.39 is 12.1 Å². The number of allylic oxidation sites excluding steroid dienone is 21. The van der Waals surface area contributed by atoms with Crippen molar-refractivity contribution < 1.29 is 15.0 Å². The molecule has 0 saturated carbocycles. The van der Waals surface area contributed by atoms with E-state index >= 15 is 0 Å². The zero-order valence-corrected chi connectivity index (χ0v) is 52.8. The van der Waals surface area contributed by atoms with Crippen molar-refractivity contribution in [1.82, 2.24) is 5.32 Å². The first-order valence-electron chi connectivity index (χ1n) is 34.4. The van der Waals surface area contributed by atoms with E-state index in [0.29, 0.717) is 6.42 Å². The maximum Gasteiger partial charge on any atom is 0.220 e. The zero-order chi connectivity index (χ0) is 57.6. The van der Waals surface area contributed by atoms with Gasteiger partial charge in [0, 0.05) is 6.42 Å². The Labute approximate surface area is 498 Å². The monoisotopic (exact) mass is 1110 g/mol. The van der Waals surface area contributed by atoms with E-state index in [1.165, 1.54) is 212 Å². The second-order valence-corrected chi connectivity index (χ2v) is 22.9. The minimum Gasteiger partial charge on any atom is -0.394 e. The van der Waals surface area contributed by atoms with Gasteiger partial charge in [-0.2, -0.15) is 0 Å². The summed E-state index contributed by atoms with van der Waals surface area (Å²) in [6, 6.07) is -0.635. The molecule has 80 heavy (non-hydrogen) atoms. The number of hydrogen-bond donors (Lipinski definition) is 3. The molecule has 0 aliphatic carbocycles. The Kier molecular flexibility index (Phi) is 66.8. The summed E-state index contributed by atoms with van der Waals surface area (Å²) in [6.45, 7) is 4.21. The molecule has 0 rings (SSSR count). The van der Waals surface area contributed by atoms with Gasteiger partial charge in [-0.05, 0) is 96.3 Å². The topological polar surface area (TPSA) is 69.6 Å². The van der Waals surface area contributed by atoms with Crippen molar-refractivity contribution in [3.05, 3.63) is 134 Å². The van der Waals surface area contributed by atoms with Crippen LogP contribution in [0, 0.1) is 0 Å². The van der Waals surface area contributed by atoms with Gasteiger partial charge in [0.15, 0.2) is 0 Å². The zero-order valence-electron chi connectivity index (χ0n) is 52.8. The molecule has 4 heteroatoms. The van der Waals surface area contributed by atoms with Crippen LogP contribution in [0.15, 0.2) is 134 Å². The van der Waals surface area contributed by atoms with Gasteiger partial charge in [0.25, 0.3) is 0 Å². The lowest BCUT2D eigenvalue weighted by atomic mass is 10.0. The molecule has 0 aromatic carbocycles. The van der Waals surface area contributed by atoms with Gasteiger partial charge < -0.3 is 15.5 Å². The fourth-order valence-corrected chi connectivity index (χ4v) is 9.97. The predicted octanol–water partition coefficient (Wildman–Crippen LogP) is 23.7. The Hall–Kier alpha value is -3.47. The Balaban J connectivity index is 3.57. The van der Waals surface area contributed by atoms with E-state index in [1.807, 2.05) is 6.08 Å². The lowest BCUT2D eigenvalue weighted by molar-refractivity contribution is -0.123. The number of amides is 1. The average Bonchev–Trinajstić information content (AvgIpc) is 3.46. The third-order valence-electron chi connectivity index (χ3n) is 15.1. The van der Waals surface area contributed by atoms with Crippen LogP contribution in [-0.4, -0.2) is 34.9 Å². The van der Waals surface area contributed by atoms with Crippen LogP contribution < -0.4 is 5.32 Å². The van der Waals surface area contributed by atoms with E-state index in [4.69, 9.17) is 0 Å². The highest BCUT2D eigenvalue weighted by atomic mass is 16.3. The highest BCUT2D eigenvalue weighted by Gasteiger charge is 2.18. The summed E-state index contributed by atoms with van der Waals surface area (Å²) in [5.74, 6) is -0.0701. The Morgan fingerprint density at radius 2 is 0.550 bits per heavy atom. The van der Waals surface area contributed by atoms with Gasteiger partial charge in [-0.25, -0.2) is 0 Å². The molecule has 0 aromatic heterocycles. The van der Waals surface area contributed by atoms with Crippen LogP contribution >= 0.6 is 0 Å². The molecule has 0 heterocycles. The van der Waals surface area contributed by atoms with Crippen molar-refractivity contribution in [2.45, 2.75) is 334 Å². The first-order valence-corrected chi connectivity index (χ1v) is 34.4. The van der Waals surface area contributed by atoms with Crippen LogP contribution in [0.3, 0.4) is 0 Å². The van der Waals surface area contributed by atoms with Crippen molar-refractivity contribution in [3.63, 3.8) is 0 Å². The third-order valence-corrected chi connectivity index (χ3v) is 15.1. The first kappa shape index (κ1) is 76.5. The Morgan fingerprint density at radius 3 is 0.825 bits per heavy atom. The highest BCUT2D eigenvalue weighted by Crippen LogP contribution is 2.17. The SMILES string of the molecule is CC/C=C\C/C=C\C/C=C\C/C=C\C/C=C\C/C=C\C/C=C\C/C=C\C/C=C\C/C=C\CCCCCCCCCCCCC(=O)NC(CO)C(O)/C=C/CCCCCCCCCCCCCCCCCCCCCCCCCCC. The van der Waals surface area contributed by atoms with Crippen molar-refractivity contribution in [3.8, 4) is 0 Å². The van der Waals surface area contributed by atoms with Crippen molar-refractivity contribution >= 4 is 5.91 Å². The van der Waals surface area contributed by atoms with Gasteiger partial charge in [0.2, 0.25) is 5.91 Å². The van der Waals surface area contributed by atoms with Gasteiger partial charge in [-0.3, -0.25) is 4.79 Å². The second kappa shape index (κ2) is 69.8. The Morgan fingerprint density at radius 1 is 0.312 bits per heavy atom. The summed E-state index contributed by atoms with van der Waals surface area (Å²) in [4.78, 5) is 12.5. The number of rotatable bonds is 62. The lowest BCUT2D eigenvalue weighted by Crippen LogP contribution is -2.45. The molecule has 0 radical (unpaired) electrons. The summed E-state index contributed by atoms with van der Waals surface area (Å²) < 4.78 is 0. The van der Waals surface area contributed by atoms with Crippen LogP contribution in [-0.2, 0) is 4.79 Å². The fraction of sp³-hybridized carbons (Fsp3) is 0.697. The van der Waals surface area contributed by atoms with Gasteiger partial charge in [0.05, 0.1) is 18.8 Å². The molecule has 0 aliphatic heterocycles. The fourth-order valence-electron chi connectivity index (χ4n) is 9.97. The Bertz CT molecular complexity index is 1590. The molecule has 1 amide bonds.